The summed E-state index contributed by atoms with van der Waals surface area (Å²) in [5, 5.41) is 24.5. The monoisotopic (exact) mass is 590 g/mol. The third kappa shape index (κ3) is 6.30. The maximum Gasteiger partial charge on any atom is 0.330 e. The van der Waals surface area contributed by atoms with Gasteiger partial charge in [-0.1, -0.05) is 99.6 Å². The second kappa shape index (κ2) is 13.5. The Labute approximate surface area is 250 Å². The van der Waals surface area contributed by atoms with Gasteiger partial charge in [0.25, 0.3) is 8.32 Å². The van der Waals surface area contributed by atoms with Crippen LogP contribution in [0.15, 0.2) is 97.1 Å². The molecule has 0 radical (unpaired) electrons. The van der Waals surface area contributed by atoms with Crippen LogP contribution in [0.25, 0.3) is 0 Å². The van der Waals surface area contributed by atoms with Crippen molar-refractivity contribution in [3.63, 3.8) is 0 Å². The highest BCUT2D eigenvalue weighted by atomic mass is 28.4. The fraction of sp³-hybridized carbons (Fsp3) is 0.400. The van der Waals surface area contributed by atoms with Crippen LogP contribution >= 0.6 is 0 Å². The molecule has 3 aromatic rings. The zero-order chi connectivity index (χ0) is 30.4. The molecule has 0 aliphatic heterocycles. The lowest BCUT2D eigenvalue weighted by atomic mass is 9.69. The van der Waals surface area contributed by atoms with E-state index in [0.29, 0.717) is 12.8 Å². The predicted molar refractivity (Wildman–Crippen MR) is 167 cm³/mol. The minimum atomic E-state index is -2.89. The summed E-state index contributed by atoms with van der Waals surface area (Å²) < 4.78 is 26.2. The average Bonchev–Trinajstić information content (AvgIpc) is 3.25. The van der Waals surface area contributed by atoms with Crippen LogP contribution in [-0.2, 0) is 19.4 Å². The van der Waals surface area contributed by atoms with Crippen molar-refractivity contribution in [3.05, 3.63) is 108 Å². The lowest BCUT2D eigenvalue weighted by molar-refractivity contribution is -0.137. The fourth-order valence-corrected chi connectivity index (χ4v) is 11.5. The second-order valence-electron chi connectivity index (χ2n) is 12.2. The Kier molecular flexibility index (Phi) is 10.2. The van der Waals surface area contributed by atoms with Crippen molar-refractivity contribution < 1.29 is 28.6 Å². The average molecular weight is 591 g/mol. The van der Waals surface area contributed by atoms with Crippen LogP contribution in [0.1, 0.15) is 46.1 Å². The molecule has 0 amide bonds. The number of carbonyl (C=O) groups is 1. The number of hydrogen-bond acceptors (Lipinski definition) is 5. The van der Waals surface area contributed by atoms with Gasteiger partial charge < -0.3 is 19.4 Å². The first kappa shape index (κ1) is 31.8. The van der Waals surface area contributed by atoms with Crippen LogP contribution in [0.5, 0.6) is 0 Å². The molecule has 2 N–H and O–H groups in total. The Morgan fingerprint density at radius 2 is 1.57 bits per heavy atom. The topological polar surface area (TPSA) is 76.0 Å². The summed E-state index contributed by atoms with van der Waals surface area (Å²) in [5.41, 5.74) is -0.0843. The Balaban J connectivity index is 1.77. The molecule has 3 aromatic carbocycles. The van der Waals surface area contributed by atoms with Crippen molar-refractivity contribution >= 4 is 24.7 Å². The third-order valence-corrected chi connectivity index (χ3v) is 13.8. The molecule has 7 heteroatoms. The molecule has 1 aliphatic rings. The van der Waals surface area contributed by atoms with Gasteiger partial charge in [-0.15, -0.1) is 0 Å². The van der Waals surface area contributed by atoms with E-state index in [0.717, 1.165) is 15.9 Å². The van der Waals surface area contributed by atoms with Gasteiger partial charge in [-0.05, 0) is 58.8 Å². The van der Waals surface area contributed by atoms with E-state index in [4.69, 9.17) is 9.16 Å². The molecule has 5 nitrogen and oxygen atoms in total. The van der Waals surface area contributed by atoms with Crippen molar-refractivity contribution in [1.82, 2.24) is 0 Å². The fourth-order valence-electron chi connectivity index (χ4n) is 6.85. The van der Waals surface area contributed by atoms with Gasteiger partial charge in [0.05, 0.1) is 19.3 Å². The van der Waals surface area contributed by atoms with Crippen molar-refractivity contribution in [2.75, 3.05) is 19.8 Å². The molecule has 0 unspecified atom stereocenters. The zero-order valence-electron chi connectivity index (χ0n) is 25.0. The second-order valence-corrected chi connectivity index (χ2v) is 16.5. The minimum absolute atomic E-state index is 0.233. The number of hydrogen-bond donors (Lipinski definition) is 2. The summed E-state index contributed by atoms with van der Waals surface area (Å²) in [6, 6.07) is 26.8. The summed E-state index contributed by atoms with van der Waals surface area (Å²) >= 11 is 0. The number of ether oxygens (including phenoxy) is 1. The lowest BCUT2D eigenvalue weighted by Crippen LogP contribution is -2.67. The highest BCUT2D eigenvalue weighted by Gasteiger charge is 2.56. The number of aliphatic hydroxyl groups excluding tert-OH is 2. The normalized spacial score (nSPS) is 22.9. The van der Waals surface area contributed by atoms with Gasteiger partial charge in [-0.2, -0.15) is 0 Å². The summed E-state index contributed by atoms with van der Waals surface area (Å²) in [4.78, 5) is 12.1. The Morgan fingerprint density at radius 1 is 1.00 bits per heavy atom. The summed E-state index contributed by atoms with van der Waals surface area (Å²) in [5.74, 6) is -1.44. The third-order valence-electron chi connectivity index (χ3n) is 8.84. The maximum absolute atomic E-state index is 13.9. The molecule has 42 heavy (non-hydrogen) atoms. The number of carbonyl (C=O) groups excluding carboxylic acids is 1. The van der Waals surface area contributed by atoms with E-state index < -0.39 is 25.8 Å². The first-order valence-corrected chi connectivity index (χ1v) is 16.6. The number of allylic oxidation sites excluding steroid dienone is 1. The zero-order valence-corrected chi connectivity index (χ0v) is 26.0. The highest BCUT2D eigenvalue weighted by Crippen LogP contribution is 2.51. The first-order chi connectivity index (χ1) is 20.1. The molecule has 0 saturated heterocycles. The van der Waals surface area contributed by atoms with E-state index >= 15 is 0 Å². The number of aliphatic hydroxyl groups is 2. The van der Waals surface area contributed by atoms with Crippen molar-refractivity contribution in [2.45, 2.75) is 57.1 Å². The van der Waals surface area contributed by atoms with Gasteiger partial charge >= 0.3 is 5.97 Å². The molecule has 4 atom stereocenters. The van der Waals surface area contributed by atoms with Crippen molar-refractivity contribution in [2.24, 2.45) is 11.8 Å². The molecule has 0 bridgehead atoms. The van der Waals surface area contributed by atoms with Gasteiger partial charge in [0.15, 0.2) is 0 Å². The minimum Gasteiger partial charge on any atom is -0.463 e. The molecule has 0 heterocycles. The summed E-state index contributed by atoms with van der Waals surface area (Å²) in [6.45, 7) is 8.68. The molecule has 4 rings (SSSR count). The Hall–Kier alpha value is -3.10. The van der Waals surface area contributed by atoms with E-state index in [1.165, 1.54) is 18.2 Å². The molecule has 1 fully saturated rings. The lowest BCUT2D eigenvalue weighted by Gasteiger charge is -2.44. The summed E-state index contributed by atoms with van der Waals surface area (Å²) in [6.07, 6.45) is 3.08. The Bertz CT molecular complexity index is 1280. The molecular weight excluding hydrogens is 547 g/mol. The van der Waals surface area contributed by atoms with Crippen LogP contribution in [0.3, 0.4) is 0 Å². The predicted octanol–water partition coefficient (Wildman–Crippen LogP) is 5.14. The molecule has 224 valence electrons. The van der Waals surface area contributed by atoms with Crippen LogP contribution in [-0.4, -0.2) is 50.4 Å². The van der Waals surface area contributed by atoms with Gasteiger partial charge in [-0.3, -0.25) is 0 Å². The van der Waals surface area contributed by atoms with Crippen molar-refractivity contribution in [3.8, 4) is 0 Å². The van der Waals surface area contributed by atoms with Gasteiger partial charge in [0.2, 0.25) is 0 Å². The first-order valence-electron chi connectivity index (χ1n) is 14.7. The largest absolute Gasteiger partial charge is 0.463 e. The van der Waals surface area contributed by atoms with E-state index in [1.807, 2.05) is 36.4 Å². The molecule has 0 aromatic heterocycles. The van der Waals surface area contributed by atoms with Crippen molar-refractivity contribution in [1.29, 1.82) is 0 Å². The maximum atomic E-state index is 13.9. The highest BCUT2D eigenvalue weighted by molar-refractivity contribution is 6.99. The van der Waals surface area contributed by atoms with Crippen LogP contribution < -0.4 is 10.4 Å². The number of halogens is 1. The quantitative estimate of drug-likeness (QED) is 0.184. The Morgan fingerprint density at radius 3 is 2.07 bits per heavy atom. The summed E-state index contributed by atoms with van der Waals surface area (Å²) in [7, 11) is -2.89. The number of esters is 1. The number of benzene rings is 3. The molecule has 1 aliphatic carbocycles. The molecular formula is C35H43FO5Si. The molecule has 0 spiro atoms. The van der Waals surface area contributed by atoms with Gasteiger partial charge in [0, 0.05) is 24.0 Å². The van der Waals surface area contributed by atoms with Crippen LogP contribution in [0, 0.1) is 17.7 Å². The smallest absolute Gasteiger partial charge is 0.330 e. The van der Waals surface area contributed by atoms with E-state index in [2.05, 4.69) is 45.0 Å². The van der Waals surface area contributed by atoms with E-state index in [9.17, 15) is 19.4 Å². The van der Waals surface area contributed by atoms with Gasteiger partial charge in [0.1, 0.15) is 5.82 Å². The SMILES string of the molecule is CCOC(=O)/C=C/C[C@H]1[C@H](CO[Si](c2ccccc2)(c2ccccc2)C(C)(C)C)[C@@H](O)C[C@]1(CO)c1ccc(F)cc1. The standard InChI is InChI=1S/C35H43FO5Si/c1-5-40-33(39)18-12-17-31-30(32(38)23-35(31,25-37)26-19-21-27(36)22-20-26)24-41-42(34(2,3)4,28-13-8-6-9-14-28)29-15-10-7-11-16-29/h6-16,18-22,30-32,37-38H,5,17,23-25H2,1-4H3/b18-12+/t30-,31-,32-,35-/m0/s1. The number of rotatable bonds is 11. The van der Waals surface area contributed by atoms with E-state index in [-0.39, 0.29) is 42.5 Å². The van der Waals surface area contributed by atoms with Gasteiger partial charge in [-0.25, -0.2) is 9.18 Å². The van der Waals surface area contributed by atoms with Crippen LogP contribution in [0.2, 0.25) is 5.04 Å². The molecule has 1 saturated carbocycles. The van der Waals surface area contributed by atoms with E-state index in [1.54, 1.807) is 25.1 Å². The van der Waals surface area contributed by atoms with Crippen LogP contribution in [0.4, 0.5) is 4.39 Å².